The lowest BCUT2D eigenvalue weighted by Gasteiger charge is -2.28. The summed E-state index contributed by atoms with van der Waals surface area (Å²) in [6, 6.07) is 8.06. The molecule has 4 heteroatoms. The Hall–Kier alpha value is -1.06. The van der Waals surface area contributed by atoms with E-state index in [9.17, 15) is 4.79 Å². The molecule has 1 aromatic carbocycles. The number of nitrogens with zero attached hydrogens (tertiary/aromatic N) is 1. The van der Waals surface area contributed by atoms with Crippen LogP contribution in [-0.2, 0) is 4.79 Å². The molecule has 2 fully saturated rings. The van der Waals surface area contributed by atoms with Crippen molar-refractivity contribution in [2.24, 2.45) is 0 Å². The molecule has 2 saturated heterocycles. The van der Waals surface area contributed by atoms with Crippen LogP contribution in [0.2, 0.25) is 5.02 Å². The van der Waals surface area contributed by atoms with Crippen molar-refractivity contribution in [2.45, 2.75) is 37.8 Å². The topological polar surface area (TPSA) is 32.3 Å². The van der Waals surface area contributed by atoms with Gasteiger partial charge >= 0.3 is 0 Å². The highest BCUT2D eigenvalue weighted by atomic mass is 35.5. The van der Waals surface area contributed by atoms with Crippen LogP contribution in [0.3, 0.4) is 0 Å². The molecule has 3 nitrogen and oxygen atoms in total. The highest BCUT2D eigenvalue weighted by Crippen LogP contribution is 2.36. The van der Waals surface area contributed by atoms with Gasteiger partial charge in [0.1, 0.15) is 0 Å². The Bertz CT molecular complexity index is 471. The monoisotopic (exact) mass is 278 g/mol. The van der Waals surface area contributed by atoms with E-state index in [2.05, 4.69) is 5.32 Å². The summed E-state index contributed by atoms with van der Waals surface area (Å²) < 4.78 is 0. The number of halogens is 1. The predicted octanol–water partition coefficient (Wildman–Crippen LogP) is 2.76. The minimum absolute atomic E-state index is 0.0167. The van der Waals surface area contributed by atoms with Crippen LogP contribution < -0.4 is 5.32 Å². The van der Waals surface area contributed by atoms with Gasteiger partial charge in [0.15, 0.2) is 0 Å². The maximum absolute atomic E-state index is 12.6. The van der Waals surface area contributed by atoms with Crippen molar-refractivity contribution < 1.29 is 4.79 Å². The van der Waals surface area contributed by atoms with E-state index in [-0.39, 0.29) is 18.0 Å². The molecule has 2 aliphatic heterocycles. The van der Waals surface area contributed by atoms with Crippen LogP contribution in [0.4, 0.5) is 0 Å². The lowest BCUT2D eigenvalue weighted by Crippen LogP contribution is -2.43. The Kier molecular flexibility index (Phi) is 3.76. The van der Waals surface area contributed by atoms with Gasteiger partial charge in [0, 0.05) is 11.6 Å². The third kappa shape index (κ3) is 2.49. The van der Waals surface area contributed by atoms with Crippen LogP contribution in [0.25, 0.3) is 0 Å². The third-order valence-corrected chi connectivity index (χ3v) is 4.50. The van der Waals surface area contributed by atoms with Crippen molar-refractivity contribution in [3.63, 3.8) is 0 Å². The summed E-state index contributed by atoms with van der Waals surface area (Å²) in [5.74, 6) is 0.250. The van der Waals surface area contributed by atoms with Crippen molar-refractivity contribution in [3.05, 3.63) is 34.9 Å². The first-order valence-electron chi connectivity index (χ1n) is 7.05. The van der Waals surface area contributed by atoms with Gasteiger partial charge in [0.2, 0.25) is 5.91 Å². The summed E-state index contributed by atoms with van der Waals surface area (Å²) in [6.45, 7) is 1.81. The number of amides is 1. The molecule has 0 aromatic heterocycles. The van der Waals surface area contributed by atoms with Crippen LogP contribution in [0.15, 0.2) is 24.3 Å². The van der Waals surface area contributed by atoms with Gasteiger partial charge in [-0.15, -0.1) is 0 Å². The number of nitrogens with one attached hydrogen (secondary N) is 1. The Morgan fingerprint density at radius 3 is 2.84 bits per heavy atom. The molecule has 0 saturated carbocycles. The van der Waals surface area contributed by atoms with Crippen molar-refractivity contribution in [1.29, 1.82) is 0 Å². The van der Waals surface area contributed by atoms with E-state index in [1.54, 1.807) is 0 Å². The normalized spacial score (nSPS) is 26.9. The molecule has 1 aromatic rings. The van der Waals surface area contributed by atoms with Gasteiger partial charge in [-0.05, 0) is 43.9 Å². The molecular formula is C15H19ClN2O. The second-order valence-electron chi connectivity index (χ2n) is 5.36. The van der Waals surface area contributed by atoms with E-state index >= 15 is 0 Å². The number of hydrogen-bond donors (Lipinski definition) is 1. The molecule has 19 heavy (non-hydrogen) atoms. The number of rotatable bonds is 2. The third-order valence-electron chi connectivity index (χ3n) is 4.16. The van der Waals surface area contributed by atoms with Crippen LogP contribution >= 0.6 is 11.6 Å². The fourth-order valence-electron chi connectivity index (χ4n) is 3.19. The van der Waals surface area contributed by atoms with Crippen LogP contribution in [0.5, 0.6) is 0 Å². The quantitative estimate of drug-likeness (QED) is 0.902. The minimum Gasteiger partial charge on any atom is -0.334 e. The van der Waals surface area contributed by atoms with E-state index in [4.69, 9.17) is 11.6 Å². The Morgan fingerprint density at radius 1 is 1.26 bits per heavy atom. The number of carbonyl (C=O) groups is 1. The first kappa shape index (κ1) is 12.9. The summed E-state index contributed by atoms with van der Waals surface area (Å²) in [7, 11) is 0. The lowest BCUT2D eigenvalue weighted by molar-refractivity contribution is -0.134. The Morgan fingerprint density at radius 2 is 2.11 bits per heavy atom. The molecule has 3 rings (SSSR count). The molecule has 0 unspecified atom stereocenters. The summed E-state index contributed by atoms with van der Waals surface area (Å²) in [5.41, 5.74) is 1.09. The molecule has 0 aliphatic carbocycles. The average molecular weight is 279 g/mol. The van der Waals surface area contributed by atoms with Gasteiger partial charge in [-0.2, -0.15) is 0 Å². The fourth-order valence-corrected chi connectivity index (χ4v) is 3.46. The van der Waals surface area contributed by atoms with Gasteiger partial charge in [-0.1, -0.05) is 29.8 Å². The number of carbonyl (C=O) groups excluding carboxylic acids is 1. The highest BCUT2D eigenvalue weighted by molar-refractivity contribution is 6.31. The zero-order valence-electron chi connectivity index (χ0n) is 10.9. The van der Waals surface area contributed by atoms with Crippen molar-refractivity contribution in [2.75, 3.05) is 13.1 Å². The molecule has 2 atom stereocenters. The van der Waals surface area contributed by atoms with E-state index < -0.39 is 0 Å². The zero-order chi connectivity index (χ0) is 13.2. The Labute approximate surface area is 118 Å². The zero-order valence-corrected chi connectivity index (χ0v) is 11.7. The molecule has 0 radical (unpaired) electrons. The number of hydrogen-bond acceptors (Lipinski definition) is 2. The molecule has 102 valence electrons. The van der Waals surface area contributed by atoms with Crippen molar-refractivity contribution in [3.8, 4) is 0 Å². The number of likely N-dealkylation sites (tertiary alicyclic amines) is 1. The summed E-state index contributed by atoms with van der Waals surface area (Å²) in [4.78, 5) is 14.6. The van der Waals surface area contributed by atoms with Gasteiger partial charge in [0.25, 0.3) is 0 Å². The molecular weight excluding hydrogens is 260 g/mol. The van der Waals surface area contributed by atoms with Crippen molar-refractivity contribution >= 4 is 17.5 Å². The molecule has 2 heterocycles. The highest BCUT2D eigenvalue weighted by Gasteiger charge is 2.35. The largest absolute Gasteiger partial charge is 0.334 e. The van der Waals surface area contributed by atoms with Crippen molar-refractivity contribution in [1.82, 2.24) is 10.2 Å². The van der Waals surface area contributed by atoms with Gasteiger partial charge < -0.3 is 10.2 Å². The first-order valence-corrected chi connectivity index (χ1v) is 7.43. The van der Waals surface area contributed by atoms with E-state index in [0.717, 1.165) is 49.4 Å². The molecule has 0 bridgehead atoms. The van der Waals surface area contributed by atoms with E-state index in [0.29, 0.717) is 0 Å². The summed E-state index contributed by atoms with van der Waals surface area (Å²) >= 11 is 6.28. The summed E-state index contributed by atoms with van der Waals surface area (Å²) in [6.07, 6.45) is 4.14. The number of benzene rings is 1. The molecule has 2 aliphatic rings. The van der Waals surface area contributed by atoms with Crippen LogP contribution in [0, 0.1) is 0 Å². The summed E-state index contributed by atoms with van der Waals surface area (Å²) in [5, 5.41) is 4.07. The van der Waals surface area contributed by atoms with Crippen LogP contribution in [-0.4, -0.2) is 29.9 Å². The van der Waals surface area contributed by atoms with E-state index in [1.807, 2.05) is 29.2 Å². The maximum Gasteiger partial charge on any atom is 0.240 e. The van der Waals surface area contributed by atoms with E-state index in [1.165, 1.54) is 0 Å². The molecule has 0 spiro atoms. The minimum atomic E-state index is 0.0167. The van der Waals surface area contributed by atoms with Crippen LogP contribution in [0.1, 0.15) is 37.3 Å². The molecule has 1 amide bonds. The van der Waals surface area contributed by atoms with Gasteiger partial charge in [0.05, 0.1) is 12.1 Å². The lowest BCUT2D eigenvalue weighted by atomic mass is 10.0. The SMILES string of the molecule is O=C([C@H]1CCCN1)N1CCC[C@H]1c1ccccc1Cl. The molecule has 1 N–H and O–H groups in total. The average Bonchev–Trinajstić information content (AvgIpc) is 3.10. The Balaban J connectivity index is 1.81. The second kappa shape index (κ2) is 5.51. The predicted molar refractivity (Wildman–Crippen MR) is 76.2 cm³/mol. The second-order valence-corrected chi connectivity index (χ2v) is 5.77. The maximum atomic E-state index is 12.6. The van der Waals surface area contributed by atoms with Gasteiger partial charge in [-0.3, -0.25) is 4.79 Å². The first-order chi connectivity index (χ1) is 9.27. The smallest absolute Gasteiger partial charge is 0.240 e. The van der Waals surface area contributed by atoms with Gasteiger partial charge in [-0.25, -0.2) is 0 Å². The standard InChI is InChI=1S/C15H19ClN2O/c16-12-6-2-1-5-11(12)14-8-4-10-18(14)15(19)13-7-3-9-17-13/h1-2,5-6,13-14,17H,3-4,7-10H2/t13-,14+/m1/s1. The fraction of sp³-hybridized carbons (Fsp3) is 0.533.